The minimum Gasteiger partial charge on any atom is -0.465 e. The minimum absolute atomic E-state index is 0.147. The molecule has 1 aromatic carbocycles. The van der Waals surface area contributed by atoms with Crippen molar-refractivity contribution < 1.29 is 14.0 Å². The van der Waals surface area contributed by atoms with E-state index in [2.05, 4.69) is 36.4 Å². The normalized spacial score (nSPS) is 11.8. The van der Waals surface area contributed by atoms with Gasteiger partial charge < -0.3 is 14.3 Å². The molecular formula is C21H24N4O3. The first-order valence-corrected chi connectivity index (χ1v) is 9.12. The van der Waals surface area contributed by atoms with Crippen LogP contribution in [0.4, 0.5) is 5.95 Å². The van der Waals surface area contributed by atoms with Crippen LogP contribution in [0.5, 0.6) is 0 Å². The topological polar surface area (TPSA) is 89.2 Å². The van der Waals surface area contributed by atoms with Crippen molar-refractivity contribution in [2.24, 2.45) is 0 Å². The fourth-order valence-corrected chi connectivity index (χ4v) is 2.88. The van der Waals surface area contributed by atoms with E-state index in [9.17, 15) is 9.59 Å². The SMILES string of the molecule is CC(C)(C)n1c(NC(=O)CCNC(=O)/C=C/c2ccco2)nc2ccccc21. The minimum atomic E-state index is -0.286. The summed E-state index contributed by atoms with van der Waals surface area (Å²) in [5.41, 5.74) is 1.54. The van der Waals surface area contributed by atoms with Gasteiger partial charge in [-0.25, -0.2) is 4.98 Å². The van der Waals surface area contributed by atoms with Crippen molar-refractivity contribution >= 4 is 34.9 Å². The molecule has 0 aliphatic carbocycles. The van der Waals surface area contributed by atoms with Gasteiger partial charge in [0.25, 0.3) is 0 Å². The third-order valence-corrected chi connectivity index (χ3v) is 4.08. The zero-order chi connectivity index (χ0) is 20.1. The molecule has 0 atom stereocenters. The first kappa shape index (κ1) is 19.4. The third-order valence-electron chi connectivity index (χ3n) is 4.08. The Balaban J connectivity index is 1.58. The number of nitrogens with zero attached hydrogens (tertiary/aromatic N) is 2. The lowest BCUT2D eigenvalue weighted by Crippen LogP contribution is -2.28. The summed E-state index contributed by atoms with van der Waals surface area (Å²) in [5.74, 6) is 0.596. The number of hydrogen-bond donors (Lipinski definition) is 2. The summed E-state index contributed by atoms with van der Waals surface area (Å²) in [6, 6.07) is 11.3. The first-order chi connectivity index (χ1) is 13.3. The van der Waals surface area contributed by atoms with E-state index in [4.69, 9.17) is 4.42 Å². The molecule has 2 N–H and O–H groups in total. The van der Waals surface area contributed by atoms with E-state index in [1.54, 1.807) is 18.2 Å². The Morgan fingerprint density at radius 2 is 1.96 bits per heavy atom. The van der Waals surface area contributed by atoms with Gasteiger partial charge in [-0.1, -0.05) is 12.1 Å². The molecule has 28 heavy (non-hydrogen) atoms. The van der Waals surface area contributed by atoms with Crippen LogP contribution in [0.2, 0.25) is 0 Å². The highest BCUT2D eigenvalue weighted by Crippen LogP contribution is 2.27. The number of nitrogens with one attached hydrogen (secondary N) is 2. The lowest BCUT2D eigenvalue weighted by atomic mass is 10.1. The molecule has 3 rings (SSSR count). The maximum atomic E-state index is 12.3. The maximum absolute atomic E-state index is 12.3. The van der Waals surface area contributed by atoms with Crippen molar-refractivity contribution in [2.75, 3.05) is 11.9 Å². The van der Waals surface area contributed by atoms with Crippen LogP contribution in [0.25, 0.3) is 17.1 Å². The van der Waals surface area contributed by atoms with Gasteiger partial charge in [0, 0.05) is 24.6 Å². The van der Waals surface area contributed by atoms with Crippen LogP contribution in [-0.2, 0) is 15.1 Å². The van der Waals surface area contributed by atoms with E-state index in [0.717, 1.165) is 11.0 Å². The molecule has 2 aromatic heterocycles. The molecule has 3 aromatic rings. The summed E-state index contributed by atoms with van der Waals surface area (Å²) in [6.07, 6.45) is 4.62. The third kappa shape index (κ3) is 4.68. The van der Waals surface area contributed by atoms with Crippen molar-refractivity contribution in [3.8, 4) is 0 Å². The Morgan fingerprint density at radius 3 is 2.68 bits per heavy atom. The van der Waals surface area contributed by atoms with E-state index in [1.807, 2.05) is 28.8 Å². The molecule has 7 heteroatoms. The lowest BCUT2D eigenvalue weighted by molar-refractivity contribution is -0.117. The lowest BCUT2D eigenvalue weighted by Gasteiger charge is -2.24. The van der Waals surface area contributed by atoms with Crippen LogP contribution in [-0.4, -0.2) is 27.9 Å². The number of anilines is 1. The van der Waals surface area contributed by atoms with Gasteiger partial charge in [0.05, 0.1) is 17.3 Å². The fraction of sp³-hybridized carbons (Fsp3) is 0.286. The fourth-order valence-electron chi connectivity index (χ4n) is 2.88. The number of rotatable bonds is 6. The highest BCUT2D eigenvalue weighted by Gasteiger charge is 2.22. The van der Waals surface area contributed by atoms with Crippen molar-refractivity contribution in [3.05, 3.63) is 54.5 Å². The second-order valence-electron chi connectivity index (χ2n) is 7.37. The Hall–Kier alpha value is -3.35. The van der Waals surface area contributed by atoms with Gasteiger partial charge in [-0.05, 0) is 51.1 Å². The largest absolute Gasteiger partial charge is 0.465 e. The number of fused-ring (bicyclic) bond motifs is 1. The van der Waals surface area contributed by atoms with Gasteiger partial charge in [0.2, 0.25) is 17.8 Å². The van der Waals surface area contributed by atoms with E-state index in [0.29, 0.717) is 11.7 Å². The molecule has 0 unspecified atom stereocenters. The molecule has 0 saturated heterocycles. The smallest absolute Gasteiger partial charge is 0.244 e. The van der Waals surface area contributed by atoms with Crippen LogP contribution < -0.4 is 10.6 Å². The molecule has 0 bridgehead atoms. The summed E-state index contributed by atoms with van der Waals surface area (Å²) >= 11 is 0. The highest BCUT2D eigenvalue weighted by molar-refractivity contribution is 5.93. The molecule has 0 aliphatic rings. The van der Waals surface area contributed by atoms with Crippen molar-refractivity contribution in [3.63, 3.8) is 0 Å². The van der Waals surface area contributed by atoms with Crippen LogP contribution >= 0.6 is 0 Å². The van der Waals surface area contributed by atoms with E-state index >= 15 is 0 Å². The zero-order valence-electron chi connectivity index (χ0n) is 16.2. The van der Waals surface area contributed by atoms with Crippen molar-refractivity contribution in [2.45, 2.75) is 32.7 Å². The standard InChI is InChI=1S/C21H24N4O3/c1-21(2,3)25-17-9-5-4-8-16(17)23-20(25)24-19(27)12-13-22-18(26)11-10-15-7-6-14-28-15/h4-11,14H,12-13H2,1-3H3,(H,22,26)(H,23,24,27)/b11-10+. The van der Waals surface area contributed by atoms with Gasteiger partial charge in [0.1, 0.15) is 5.76 Å². The number of furan rings is 1. The zero-order valence-corrected chi connectivity index (χ0v) is 16.2. The molecule has 146 valence electrons. The molecule has 0 radical (unpaired) electrons. The quantitative estimate of drug-likeness (QED) is 0.640. The molecule has 2 heterocycles. The molecule has 0 fully saturated rings. The van der Waals surface area contributed by atoms with Gasteiger partial charge in [-0.2, -0.15) is 0 Å². The molecule has 0 saturated carbocycles. The van der Waals surface area contributed by atoms with Gasteiger partial charge in [-0.15, -0.1) is 0 Å². The average Bonchev–Trinajstić information content (AvgIpc) is 3.26. The Labute approximate surface area is 163 Å². The monoisotopic (exact) mass is 380 g/mol. The van der Waals surface area contributed by atoms with E-state index in [-0.39, 0.29) is 30.3 Å². The summed E-state index contributed by atoms with van der Waals surface area (Å²) in [4.78, 5) is 28.7. The van der Waals surface area contributed by atoms with Crippen molar-refractivity contribution in [1.29, 1.82) is 0 Å². The number of hydrogen-bond acceptors (Lipinski definition) is 4. The summed E-state index contributed by atoms with van der Waals surface area (Å²) in [6.45, 7) is 6.40. The number of aromatic nitrogens is 2. The number of benzene rings is 1. The predicted molar refractivity (Wildman–Crippen MR) is 109 cm³/mol. The molecule has 0 spiro atoms. The Bertz CT molecular complexity index is 995. The van der Waals surface area contributed by atoms with E-state index < -0.39 is 0 Å². The number of imidazole rings is 1. The molecular weight excluding hydrogens is 356 g/mol. The molecule has 2 amide bonds. The number of para-hydroxylation sites is 2. The number of carbonyl (C=O) groups excluding carboxylic acids is 2. The van der Waals surface area contributed by atoms with E-state index in [1.165, 1.54) is 12.3 Å². The van der Waals surface area contributed by atoms with Gasteiger partial charge >= 0.3 is 0 Å². The molecule has 7 nitrogen and oxygen atoms in total. The molecule has 0 aliphatic heterocycles. The van der Waals surface area contributed by atoms with Crippen LogP contribution in [0.15, 0.2) is 53.2 Å². The Kier molecular flexibility index (Phi) is 5.63. The van der Waals surface area contributed by atoms with Crippen LogP contribution in [0.3, 0.4) is 0 Å². The number of carbonyl (C=O) groups is 2. The van der Waals surface area contributed by atoms with Gasteiger partial charge in [-0.3, -0.25) is 14.9 Å². The van der Waals surface area contributed by atoms with Crippen molar-refractivity contribution in [1.82, 2.24) is 14.9 Å². The average molecular weight is 380 g/mol. The summed E-state index contributed by atoms with van der Waals surface area (Å²) < 4.78 is 7.12. The predicted octanol–water partition coefficient (Wildman–Crippen LogP) is 3.54. The number of amides is 2. The Morgan fingerprint density at radius 1 is 1.18 bits per heavy atom. The van der Waals surface area contributed by atoms with Crippen LogP contribution in [0.1, 0.15) is 33.0 Å². The second-order valence-corrected chi connectivity index (χ2v) is 7.37. The van der Waals surface area contributed by atoms with Crippen LogP contribution in [0, 0.1) is 0 Å². The first-order valence-electron chi connectivity index (χ1n) is 9.12. The maximum Gasteiger partial charge on any atom is 0.244 e. The second kappa shape index (κ2) is 8.12. The van der Waals surface area contributed by atoms with Gasteiger partial charge in [0.15, 0.2) is 0 Å². The summed E-state index contributed by atoms with van der Waals surface area (Å²) in [5, 5.41) is 5.54. The summed E-state index contributed by atoms with van der Waals surface area (Å²) in [7, 11) is 0. The highest BCUT2D eigenvalue weighted by atomic mass is 16.3.